The summed E-state index contributed by atoms with van der Waals surface area (Å²) in [6.07, 6.45) is 3.55. The van der Waals surface area contributed by atoms with Crippen LogP contribution in [-0.4, -0.2) is 45.9 Å². The average Bonchev–Trinajstić information content (AvgIpc) is 3.48. The molecule has 0 radical (unpaired) electrons. The topological polar surface area (TPSA) is 96.8 Å². The van der Waals surface area contributed by atoms with E-state index in [1.54, 1.807) is 39.7 Å². The van der Waals surface area contributed by atoms with Gasteiger partial charge < -0.3 is 18.6 Å². The van der Waals surface area contributed by atoms with E-state index in [1.807, 2.05) is 47.0 Å². The molecule has 0 N–H and O–H groups in total. The minimum atomic E-state index is 0.303. The third kappa shape index (κ3) is 3.20. The molecule has 0 aliphatic rings. The molecule has 0 unspecified atom stereocenters. The SMILES string of the molecule is COc1cc(-c2nnc(-c3c(-c4ccccc4)nc4ncccn34)o2)cc(OC)c1OC. The van der Waals surface area contributed by atoms with Crippen LogP contribution >= 0.6 is 0 Å². The molecule has 0 atom stereocenters. The molecule has 3 aromatic heterocycles. The van der Waals surface area contributed by atoms with Gasteiger partial charge in [0.25, 0.3) is 5.89 Å². The molecule has 5 rings (SSSR count). The minimum absolute atomic E-state index is 0.303. The highest BCUT2D eigenvalue weighted by Gasteiger charge is 2.23. The molecule has 5 aromatic rings. The Labute approximate surface area is 183 Å². The van der Waals surface area contributed by atoms with Gasteiger partial charge >= 0.3 is 0 Å². The van der Waals surface area contributed by atoms with Crippen LogP contribution in [-0.2, 0) is 0 Å². The maximum absolute atomic E-state index is 6.09. The number of benzene rings is 2. The number of nitrogens with zero attached hydrogens (tertiary/aromatic N) is 5. The summed E-state index contributed by atoms with van der Waals surface area (Å²) in [6, 6.07) is 15.1. The second-order valence-corrected chi connectivity index (χ2v) is 6.79. The molecular formula is C23H19N5O4. The third-order valence-corrected chi connectivity index (χ3v) is 4.99. The van der Waals surface area contributed by atoms with E-state index in [-0.39, 0.29) is 0 Å². The van der Waals surface area contributed by atoms with Gasteiger partial charge in [-0.1, -0.05) is 30.3 Å². The molecule has 0 bridgehead atoms. The standard InChI is InChI=1S/C23H19N5O4/c1-29-16-12-15(13-17(30-2)20(16)31-3)21-26-27-22(32-21)19-18(14-8-5-4-6-9-14)25-23-24-10-7-11-28(19)23/h4-13H,1-3H3. The highest BCUT2D eigenvalue weighted by atomic mass is 16.5. The van der Waals surface area contributed by atoms with Crippen LogP contribution in [0.5, 0.6) is 17.2 Å². The Bertz CT molecular complexity index is 1370. The average molecular weight is 429 g/mol. The molecule has 0 aliphatic heterocycles. The van der Waals surface area contributed by atoms with Crippen molar-refractivity contribution in [2.24, 2.45) is 0 Å². The lowest BCUT2D eigenvalue weighted by Crippen LogP contribution is -1.95. The molecule has 0 saturated heterocycles. The molecular weight excluding hydrogens is 410 g/mol. The zero-order valence-corrected chi connectivity index (χ0v) is 17.6. The first-order valence-corrected chi connectivity index (χ1v) is 9.76. The smallest absolute Gasteiger partial charge is 0.267 e. The summed E-state index contributed by atoms with van der Waals surface area (Å²) in [7, 11) is 4.66. The maximum atomic E-state index is 6.09. The summed E-state index contributed by atoms with van der Waals surface area (Å²) >= 11 is 0. The molecule has 160 valence electrons. The van der Waals surface area contributed by atoms with E-state index in [2.05, 4.69) is 20.2 Å². The van der Waals surface area contributed by atoms with Crippen molar-refractivity contribution in [1.82, 2.24) is 24.6 Å². The quantitative estimate of drug-likeness (QED) is 0.397. The molecule has 0 fully saturated rings. The highest BCUT2D eigenvalue weighted by Crippen LogP contribution is 2.41. The van der Waals surface area contributed by atoms with Crippen LogP contribution in [0.4, 0.5) is 0 Å². The first-order valence-electron chi connectivity index (χ1n) is 9.76. The fourth-order valence-corrected chi connectivity index (χ4v) is 3.53. The number of hydrogen-bond acceptors (Lipinski definition) is 8. The molecule has 0 spiro atoms. The second kappa shape index (κ2) is 8.03. The van der Waals surface area contributed by atoms with E-state index in [9.17, 15) is 0 Å². The predicted octanol–water partition coefficient (Wildman–Crippen LogP) is 4.14. The van der Waals surface area contributed by atoms with E-state index in [0.717, 1.165) is 5.56 Å². The van der Waals surface area contributed by atoms with Crippen LogP contribution in [0.3, 0.4) is 0 Å². The van der Waals surface area contributed by atoms with Crippen LogP contribution in [0.25, 0.3) is 40.1 Å². The van der Waals surface area contributed by atoms with Gasteiger partial charge in [-0.2, -0.15) is 0 Å². The maximum Gasteiger partial charge on any atom is 0.267 e. The van der Waals surface area contributed by atoms with Crippen LogP contribution < -0.4 is 14.2 Å². The lowest BCUT2D eigenvalue weighted by Gasteiger charge is -2.12. The molecule has 9 nitrogen and oxygen atoms in total. The van der Waals surface area contributed by atoms with Crippen molar-refractivity contribution in [1.29, 1.82) is 0 Å². The number of aromatic nitrogens is 5. The Morgan fingerprint density at radius 2 is 1.53 bits per heavy atom. The number of rotatable bonds is 6. The summed E-state index contributed by atoms with van der Waals surface area (Å²) in [6.45, 7) is 0. The fraction of sp³-hybridized carbons (Fsp3) is 0.130. The van der Waals surface area contributed by atoms with Crippen molar-refractivity contribution in [2.45, 2.75) is 0 Å². The van der Waals surface area contributed by atoms with E-state index >= 15 is 0 Å². The molecule has 32 heavy (non-hydrogen) atoms. The number of imidazole rings is 1. The molecule has 9 heteroatoms. The Balaban J connectivity index is 1.67. The zero-order valence-electron chi connectivity index (χ0n) is 17.6. The lowest BCUT2D eigenvalue weighted by atomic mass is 10.1. The van der Waals surface area contributed by atoms with Gasteiger partial charge in [-0.25, -0.2) is 9.97 Å². The molecule has 3 heterocycles. The summed E-state index contributed by atoms with van der Waals surface area (Å²) in [4.78, 5) is 9.04. The van der Waals surface area contributed by atoms with Gasteiger partial charge in [-0.3, -0.25) is 4.40 Å². The number of hydrogen-bond donors (Lipinski definition) is 0. The van der Waals surface area contributed by atoms with Gasteiger partial charge in [0, 0.05) is 23.5 Å². The van der Waals surface area contributed by atoms with Gasteiger partial charge in [0.2, 0.25) is 17.4 Å². The number of fused-ring (bicyclic) bond motifs is 1. The summed E-state index contributed by atoms with van der Waals surface area (Å²) in [5, 5.41) is 8.57. The lowest BCUT2D eigenvalue weighted by molar-refractivity contribution is 0.324. The summed E-state index contributed by atoms with van der Waals surface area (Å²) in [5.41, 5.74) is 2.90. The third-order valence-electron chi connectivity index (χ3n) is 4.99. The van der Waals surface area contributed by atoms with Crippen LogP contribution in [0, 0.1) is 0 Å². The van der Waals surface area contributed by atoms with E-state index in [0.29, 0.717) is 51.8 Å². The van der Waals surface area contributed by atoms with Crippen LogP contribution in [0.15, 0.2) is 65.3 Å². The van der Waals surface area contributed by atoms with Gasteiger partial charge in [-0.05, 0) is 18.2 Å². The summed E-state index contributed by atoms with van der Waals surface area (Å²) in [5.74, 6) is 2.62. The van der Waals surface area contributed by atoms with E-state index < -0.39 is 0 Å². The predicted molar refractivity (Wildman–Crippen MR) is 117 cm³/mol. The first kappa shape index (κ1) is 19.6. The molecule has 0 aliphatic carbocycles. The van der Waals surface area contributed by atoms with Crippen LogP contribution in [0.1, 0.15) is 0 Å². The molecule has 2 aromatic carbocycles. The highest BCUT2D eigenvalue weighted by molar-refractivity contribution is 5.78. The van der Waals surface area contributed by atoms with Gasteiger partial charge in [-0.15, -0.1) is 10.2 Å². The summed E-state index contributed by atoms with van der Waals surface area (Å²) < 4.78 is 24.2. The molecule has 0 amide bonds. The Morgan fingerprint density at radius 1 is 0.812 bits per heavy atom. The van der Waals surface area contributed by atoms with E-state index in [4.69, 9.17) is 18.6 Å². The largest absolute Gasteiger partial charge is 0.493 e. The van der Waals surface area contributed by atoms with Crippen LogP contribution in [0.2, 0.25) is 0 Å². The van der Waals surface area contributed by atoms with Crippen molar-refractivity contribution in [3.63, 3.8) is 0 Å². The number of methoxy groups -OCH3 is 3. The zero-order chi connectivity index (χ0) is 22.1. The minimum Gasteiger partial charge on any atom is -0.493 e. The Kier molecular flexibility index (Phi) is 4.91. The Morgan fingerprint density at radius 3 is 2.22 bits per heavy atom. The van der Waals surface area contributed by atoms with Crippen molar-refractivity contribution in [3.05, 3.63) is 60.9 Å². The van der Waals surface area contributed by atoms with Crippen molar-refractivity contribution >= 4 is 5.78 Å². The van der Waals surface area contributed by atoms with Crippen molar-refractivity contribution < 1.29 is 18.6 Å². The van der Waals surface area contributed by atoms with Gasteiger partial charge in [0.1, 0.15) is 11.4 Å². The van der Waals surface area contributed by atoms with Gasteiger partial charge in [0.05, 0.1) is 21.3 Å². The van der Waals surface area contributed by atoms with Crippen molar-refractivity contribution in [3.8, 4) is 51.5 Å². The first-order chi connectivity index (χ1) is 15.7. The second-order valence-electron chi connectivity index (χ2n) is 6.79. The van der Waals surface area contributed by atoms with Crippen molar-refractivity contribution in [2.75, 3.05) is 21.3 Å². The fourth-order valence-electron chi connectivity index (χ4n) is 3.53. The normalized spacial score (nSPS) is 11.0. The Hall–Kier alpha value is -4.40. The monoisotopic (exact) mass is 429 g/mol. The molecule has 0 saturated carbocycles. The van der Waals surface area contributed by atoms with E-state index in [1.165, 1.54) is 0 Å². The number of ether oxygens (including phenoxy) is 3. The van der Waals surface area contributed by atoms with Gasteiger partial charge in [0.15, 0.2) is 11.5 Å².